The van der Waals surface area contributed by atoms with E-state index in [0.717, 1.165) is 16.4 Å². The lowest BCUT2D eigenvalue weighted by molar-refractivity contribution is -0.144. The standard InChI is InChI=1S/C27H30F2O4Si/c1-19(30)32-18-24(31-5)25-22(28)16-17-23(26(25)29)33-34(27(2,3)4,20-12-8-6-9-13-20)21-14-10-7-11-15-21/h6-17,24H,18H2,1-5H3. The highest BCUT2D eigenvalue weighted by Crippen LogP contribution is 2.39. The van der Waals surface area contributed by atoms with Crippen molar-refractivity contribution in [2.45, 2.75) is 38.8 Å². The molecule has 3 aromatic rings. The average molecular weight is 485 g/mol. The van der Waals surface area contributed by atoms with E-state index in [1.54, 1.807) is 0 Å². The fourth-order valence-electron chi connectivity index (χ4n) is 4.20. The summed E-state index contributed by atoms with van der Waals surface area (Å²) in [6, 6.07) is 22.0. The Bertz CT molecular complexity index is 1080. The first kappa shape index (κ1) is 25.6. The summed E-state index contributed by atoms with van der Waals surface area (Å²) in [4.78, 5) is 11.3. The average Bonchev–Trinajstić information content (AvgIpc) is 2.81. The summed E-state index contributed by atoms with van der Waals surface area (Å²) in [5.74, 6) is -2.31. The lowest BCUT2D eigenvalue weighted by Crippen LogP contribution is -2.69. The molecular formula is C27H30F2O4Si. The van der Waals surface area contributed by atoms with Crippen LogP contribution in [0.2, 0.25) is 5.04 Å². The molecule has 0 N–H and O–H groups in total. The Morgan fingerprint density at radius 3 is 1.88 bits per heavy atom. The maximum atomic E-state index is 15.9. The molecule has 0 fully saturated rings. The van der Waals surface area contributed by atoms with Gasteiger partial charge >= 0.3 is 14.3 Å². The molecule has 3 aromatic carbocycles. The molecule has 0 amide bonds. The van der Waals surface area contributed by atoms with E-state index >= 15 is 4.39 Å². The first-order valence-electron chi connectivity index (χ1n) is 11.1. The maximum Gasteiger partial charge on any atom is 0.320 e. The van der Waals surface area contributed by atoms with E-state index in [2.05, 4.69) is 20.8 Å². The van der Waals surface area contributed by atoms with Gasteiger partial charge in [0.2, 0.25) is 0 Å². The molecule has 0 aromatic heterocycles. The molecule has 180 valence electrons. The van der Waals surface area contributed by atoms with Gasteiger partial charge in [0.1, 0.15) is 24.3 Å². The maximum absolute atomic E-state index is 15.9. The van der Waals surface area contributed by atoms with E-state index in [9.17, 15) is 9.18 Å². The number of carbonyl (C=O) groups excluding carboxylic acids is 1. The minimum atomic E-state index is -3.13. The summed E-state index contributed by atoms with van der Waals surface area (Å²) in [5, 5.41) is 1.51. The van der Waals surface area contributed by atoms with Gasteiger partial charge < -0.3 is 13.9 Å². The highest BCUT2D eigenvalue weighted by molar-refractivity contribution is 7.00. The van der Waals surface area contributed by atoms with Crippen LogP contribution in [0.5, 0.6) is 5.75 Å². The molecule has 3 rings (SSSR count). The van der Waals surface area contributed by atoms with Gasteiger partial charge in [0.25, 0.3) is 0 Å². The van der Waals surface area contributed by atoms with E-state index in [-0.39, 0.29) is 17.9 Å². The zero-order valence-corrected chi connectivity index (χ0v) is 21.1. The van der Waals surface area contributed by atoms with Crippen molar-refractivity contribution in [3.63, 3.8) is 0 Å². The van der Waals surface area contributed by atoms with Crippen LogP contribution in [0.15, 0.2) is 72.8 Å². The van der Waals surface area contributed by atoms with Gasteiger partial charge in [0.15, 0.2) is 5.82 Å². The molecule has 4 nitrogen and oxygen atoms in total. The Morgan fingerprint density at radius 2 is 1.44 bits per heavy atom. The predicted octanol–water partition coefficient (Wildman–Crippen LogP) is 5.15. The van der Waals surface area contributed by atoms with Gasteiger partial charge in [-0.25, -0.2) is 8.78 Å². The van der Waals surface area contributed by atoms with Crippen LogP contribution < -0.4 is 14.8 Å². The molecule has 1 unspecified atom stereocenters. The topological polar surface area (TPSA) is 44.8 Å². The van der Waals surface area contributed by atoms with E-state index in [1.807, 2.05) is 60.7 Å². The quantitative estimate of drug-likeness (QED) is 0.328. The van der Waals surface area contributed by atoms with Gasteiger partial charge in [-0.3, -0.25) is 4.79 Å². The third-order valence-electron chi connectivity index (χ3n) is 5.82. The molecule has 0 aliphatic rings. The van der Waals surface area contributed by atoms with Crippen molar-refractivity contribution in [1.29, 1.82) is 0 Å². The van der Waals surface area contributed by atoms with Gasteiger partial charge in [-0.1, -0.05) is 81.4 Å². The van der Waals surface area contributed by atoms with Crippen LogP contribution in [0.1, 0.15) is 39.4 Å². The minimum absolute atomic E-state index is 0.0735. The zero-order valence-electron chi connectivity index (χ0n) is 20.1. The number of halogens is 2. The van der Waals surface area contributed by atoms with Gasteiger partial charge in [0.05, 0.1) is 5.56 Å². The van der Waals surface area contributed by atoms with E-state index in [0.29, 0.717) is 0 Å². The van der Waals surface area contributed by atoms with Crippen molar-refractivity contribution in [1.82, 2.24) is 0 Å². The van der Waals surface area contributed by atoms with Crippen LogP contribution in [0.3, 0.4) is 0 Å². The smallest absolute Gasteiger partial charge is 0.320 e. The molecular weight excluding hydrogens is 454 g/mol. The number of methoxy groups -OCH3 is 1. The Kier molecular flexibility index (Phi) is 7.89. The highest BCUT2D eigenvalue weighted by Gasteiger charge is 2.52. The van der Waals surface area contributed by atoms with Gasteiger partial charge in [-0.15, -0.1) is 0 Å². The number of ether oxygens (including phenoxy) is 2. The zero-order chi connectivity index (χ0) is 24.9. The first-order chi connectivity index (χ1) is 16.1. The Balaban J connectivity index is 2.21. The molecule has 0 spiro atoms. The van der Waals surface area contributed by atoms with Crippen LogP contribution >= 0.6 is 0 Å². The molecule has 0 aliphatic heterocycles. The van der Waals surface area contributed by atoms with Crippen molar-refractivity contribution < 1.29 is 27.5 Å². The van der Waals surface area contributed by atoms with Crippen LogP contribution in [0, 0.1) is 11.6 Å². The molecule has 34 heavy (non-hydrogen) atoms. The van der Waals surface area contributed by atoms with Gasteiger partial charge in [-0.05, 0) is 27.5 Å². The molecule has 0 radical (unpaired) electrons. The predicted molar refractivity (Wildman–Crippen MR) is 131 cm³/mol. The van der Waals surface area contributed by atoms with E-state index < -0.39 is 37.1 Å². The van der Waals surface area contributed by atoms with Crippen molar-refractivity contribution in [2.75, 3.05) is 13.7 Å². The molecule has 0 bridgehead atoms. The number of hydrogen-bond donors (Lipinski definition) is 0. The van der Waals surface area contributed by atoms with Gasteiger partial charge in [-0.2, -0.15) is 0 Å². The van der Waals surface area contributed by atoms with Crippen LogP contribution in [-0.4, -0.2) is 28.0 Å². The molecule has 0 saturated carbocycles. The van der Waals surface area contributed by atoms with E-state index in [4.69, 9.17) is 13.9 Å². The summed E-state index contributed by atoms with van der Waals surface area (Å²) in [6.45, 7) is 7.12. The molecule has 0 aliphatic carbocycles. The molecule has 1 atom stereocenters. The highest BCUT2D eigenvalue weighted by atomic mass is 28.4. The van der Waals surface area contributed by atoms with Crippen LogP contribution in [0.4, 0.5) is 8.78 Å². The second-order valence-corrected chi connectivity index (χ2v) is 13.3. The molecule has 0 heterocycles. The summed E-state index contributed by atoms with van der Waals surface area (Å²) < 4.78 is 47.6. The fourth-order valence-corrected chi connectivity index (χ4v) is 8.62. The van der Waals surface area contributed by atoms with Crippen LogP contribution in [-0.2, 0) is 14.3 Å². The summed E-state index contributed by atoms with van der Waals surface area (Å²) in [5.41, 5.74) is -0.334. The third-order valence-corrected chi connectivity index (χ3v) is 10.7. The van der Waals surface area contributed by atoms with Gasteiger partial charge in [0, 0.05) is 14.0 Å². The van der Waals surface area contributed by atoms with Crippen LogP contribution in [0.25, 0.3) is 0 Å². The first-order valence-corrected chi connectivity index (χ1v) is 13.0. The lowest BCUT2D eigenvalue weighted by Gasteiger charge is -2.43. The summed E-state index contributed by atoms with van der Waals surface area (Å²) in [7, 11) is -1.82. The molecule has 7 heteroatoms. The summed E-state index contributed by atoms with van der Waals surface area (Å²) >= 11 is 0. The second-order valence-electron chi connectivity index (χ2n) is 9.07. The number of esters is 1. The van der Waals surface area contributed by atoms with Crippen molar-refractivity contribution >= 4 is 24.7 Å². The third kappa shape index (κ3) is 5.05. The Morgan fingerprint density at radius 1 is 0.912 bits per heavy atom. The summed E-state index contributed by atoms with van der Waals surface area (Å²) in [6.07, 6.45) is -1.12. The normalized spacial score (nSPS) is 12.8. The number of rotatable bonds is 8. The Labute approximate surface area is 200 Å². The molecule has 0 saturated heterocycles. The number of benzene rings is 3. The SMILES string of the molecule is COC(COC(C)=O)c1c(F)ccc(O[Si](c2ccccc2)(c2ccccc2)C(C)(C)C)c1F. The second kappa shape index (κ2) is 10.5. The largest absolute Gasteiger partial charge is 0.532 e. The van der Waals surface area contributed by atoms with Crippen molar-refractivity contribution in [3.8, 4) is 5.75 Å². The fraction of sp³-hybridized carbons (Fsp3) is 0.296. The van der Waals surface area contributed by atoms with E-state index in [1.165, 1.54) is 20.1 Å². The van der Waals surface area contributed by atoms with Crippen molar-refractivity contribution in [3.05, 3.63) is 90.0 Å². The lowest BCUT2D eigenvalue weighted by atomic mass is 10.1. The number of hydrogen-bond acceptors (Lipinski definition) is 4. The minimum Gasteiger partial charge on any atom is -0.532 e. The number of carbonyl (C=O) groups is 1. The monoisotopic (exact) mass is 484 g/mol. The van der Waals surface area contributed by atoms with Crippen molar-refractivity contribution in [2.24, 2.45) is 0 Å². The Hall–Kier alpha value is -3.03.